The summed E-state index contributed by atoms with van der Waals surface area (Å²) in [7, 11) is 0. The summed E-state index contributed by atoms with van der Waals surface area (Å²) in [4.78, 5) is 10.9. The summed E-state index contributed by atoms with van der Waals surface area (Å²) in [5.74, 6) is 0.578. The minimum atomic E-state index is -0.274. The smallest absolute Gasteiger partial charge is 0.263 e. The molecular weight excluding hydrogens is 283 g/mol. The minimum Gasteiger partial charge on any atom is -0.356 e. The van der Waals surface area contributed by atoms with Gasteiger partial charge in [0.15, 0.2) is 0 Å². The number of fused-ring (bicyclic) bond motifs is 1. The van der Waals surface area contributed by atoms with E-state index in [-0.39, 0.29) is 5.82 Å². The summed E-state index contributed by atoms with van der Waals surface area (Å²) >= 11 is 0. The number of hydrogen-bond donors (Lipinski definition) is 0. The Kier molecular flexibility index (Phi) is 3.21. The largest absolute Gasteiger partial charge is 0.356 e. The van der Waals surface area contributed by atoms with E-state index in [1.165, 1.54) is 24.9 Å². The molecule has 0 saturated carbocycles. The predicted molar refractivity (Wildman–Crippen MR) is 81.1 cm³/mol. The summed E-state index contributed by atoms with van der Waals surface area (Å²) in [6.45, 7) is 1.94. The van der Waals surface area contributed by atoms with Gasteiger partial charge < -0.3 is 9.42 Å². The molecule has 0 amide bonds. The number of benzene rings is 1. The van der Waals surface area contributed by atoms with Crippen molar-refractivity contribution in [3.8, 4) is 11.3 Å². The minimum absolute atomic E-state index is 0.274. The molecule has 2 aromatic heterocycles. The lowest BCUT2D eigenvalue weighted by Crippen LogP contribution is -2.30. The van der Waals surface area contributed by atoms with Gasteiger partial charge in [-0.3, -0.25) is 0 Å². The van der Waals surface area contributed by atoms with Crippen LogP contribution in [0.25, 0.3) is 22.4 Å². The third-order valence-electron chi connectivity index (χ3n) is 4.03. The zero-order valence-corrected chi connectivity index (χ0v) is 12.0. The first-order valence-electron chi connectivity index (χ1n) is 7.44. The van der Waals surface area contributed by atoms with Crippen LogP contribution in [0.3, 0.4) is 0 Å². The lowest BCUT2D eigenvalue weighted by atomic mass is 10.1. The average Bonchev–Trinajstić information content (AvgIpc) is 3.00. The van der Waals surface area contributed by atoms with E-state index in [0.29, 0.717) is 11.4 Å². The van der Waals surface area contributed by atoms with Gasteiger partial charge in [0.1, 0.15) is 29.0 Å². The first kappa shape index (κ1) is 13.2. The van der Waals surface area contributed by atoms with E-state index in [1.54, 1.807) is 12.1 Å². The van der Waals surface area contributed by atoms with Crippen molar-refractivity contribution in [2.24, 2.45) is 0 Å². The second-order valence-corrected chi connectivity index (χ2v) is 5.46. The van der Waals surface area contributed by atoms with E-state index in [9.17, 15) is 4.39 Å². The Balaban J connectivity index is 1.87. The molecule has 1 aromatic carbocycles. The highest BCUT2D eigenvalue weighted by Gasteiger charge is 2.21. The Labute approximate surface area is 126 Å². The van der Waals surface area contributed by atoms with E-state index in [1.807, 2.05) is 0 Å². The molecule has 1 fully saturated rings. The lowest BCUT2D eigenvalue weighted by molar-refractivity contribution is 0.451. The number of aromatic nitrogens is 3. The normalized spacial score (nSPS) is 15.4. The van der Waals surface area contributed by atoms with Gasteiger partial charge in [0.05, 0.1) is 0 Å². The molecule has 3 heterocycles. The molecule has 0 aliphatic carbocycles. The van der Waals surface area contributed by atoms with Crippen LogP contribution < -0.4 is 4.90 Å². The van der Waals surface area contributed by atoms with Crippen LogP contribution in [-0.4, -0.2) is 28.2 Å². The Bertz CT molecular complexity index is 794. The molecule has 0 radical (unpaired) electrons. The SMILES string of the molecule is Fc1ccc(-c2noc3ncnc(N4CCCCC4)c23)cc1. The maximum Gasteiger partial charge on any atom is 0.263 e. The first-order valence-corrected chi connectivity index (χ1v) is 7.44. The first-order chi connectivity index (χ1) is 10.8. The monoisotopic (exact) mass is 298 g/mol. The highest BCUT2D eigenvalue weighted by Crippen LogP contribution is 2.34. The summed E-state index contributed by atoms with van der Waals surface area (Å²) in [6, 6.07) is 6.22. The molecule has 3 aromatic rings. The highest BCUT2D eigenvalue weighted by molar-refractivity contribution is 5.97. The fraction of sp³-hybridized carbons (Fsp3) is 0.312. The third kappa shape index (κ3) is 2.20. The number of hydrogen-bond acceptors (Lipinski definition) is 5. The van der Waals surface area contributed by atoms with Gasteiger partial charge in [-0.2, -0.15) is 4.98 Å². The number of halogens is 1. The van der Waals surface area contributed by atoms with Crippen molar-refractivity contribution in [1.29, 1.82) is 0 Å². The van der Waals surface area contributed by atoms with Gasteiger partial charge in [-0.1, -0.05) is 5.16 Å². The Hall–Kier alpha value is -2.50. The molecule has 0 unspecified atom stereocenters. The zero-order chi connectivity index (χ0) is 14.9. The second-order valence-electron chi connectivity index (χ2n) is 5.46. The van der Waals surface area contributed by atoms with Crippen molar-refractivity contribution in [2.75, 3.05) is 18.0 Å². The molecule has 0 spiro atoms. The molecule has 0 N–H and O–H groups in total. The third-order valence-corrected chi connectivity index (χ3v) is 4.03. The van der Waals surface area contributed by atoms with Gasteiger partial charge in [0.25, 0.3) is 5.71 Å². The van der Waals surface area contributed by atoms with Crippen molar-refractivity contribution in [3.63, 3.8) is 0 Å². The molecule has 1 aliphatic rings. The maximum absolute atomic E-state index is 13.1. The average molecular weight is 298 g/mol. The number of rotatable bonds is 2. The van der Waals surface area contributed by atoms with Crippen LogP contribution >= 0.6 is 0 Å². The standard InChI is InChI=1S/C16H15FN4O/c17-12-6-4-11(5-7-12)14-13-15(21-8-2-1-3-9-21)18-10-19-16(13)22-20-14/h4-7,10H,1-3,8-9H2. The van der Waals surface area contributed by atoms with E-state index in [0.717, 1.165) is 42.7 Å². The quantitative estimate of drug-likeness (QED) is 0.725. The number of anilines is 1. The lowest BCUT2D eigenvalue weighted by Gasteiger charge is -2.27. The molecular formula is C16H15FN4O. The van der Waals surface area contributed by atoms with E-state index < -0.39 is 0 Å². The van der Waals surface area contributed by atoms with Gasteiger partial charge in [-0.15, -0.1) is 0 Å². The molecule has 0 atom stereocenters. The summed E-state index contributed by atoms with van der Waals surface area (Å²) < 4.78 is 18.5. The van der Waals surface area contributed by atoms with Crippen LogP contribution in [0, 0.1) is 5.82 Å². The fourth-order valence-electron chi connectivity index (χ4n) is 2.92. The summed E-state index contributed by atoms with van der Waals surface area (Å²) in [6.07, 6.45) is 5.07. The zero-order valence-electron chi connectivity index (χ0n) is 12.0. The fourth-order valence-corrected chi connectivity index (χ4v) is 2.92. The predicted octanol–water partition coefficient (Wildman–Crippen LogP) is 3.41. The summed E-state index contributed by atoms with van der Waals surface area (Å²) in [5, 5.41) is 4.93. The Morgan fingerprint density at radius 3 is 2.55 bits per heavy atom. The summed E-state index contributed by atoms with van der Waals surface area (Å²) in [5.41, 5.74) is 1.93. The molecule has 22 heavy (non-hydrogen) atoms. The van der Waals surface area contributed by atoms with E-state index >= 15 is 0 Å². The van der Waals surface area contributed by atoms with Gasteiger partial charge in [-0.25, -0.2) is 9.37 Å². The number of nitrogens with zero attached hydrogens (tertiary/aromatic N) is 4. The van der Waals surface area contributed by atoms with Gasteiger partial charge in [0, 0.05) is 18.7 Å². The molecule has 112 valence electrons. The number of piperidine rings is 1. The van der Waals surface area contributed by atoms with Crippen LogP contribution in [0.15, 0.2) is 35.1 Å². The molecule has 6 heteroatoms. The van der Waals surface area contributed by atoms with E-state index in [4.69, 9.17) is 4.52 Å². The molecule has 5 nitrogen and oxygen atoms in total. The van der Waals surface area contributed by atoms with Crippen LogP contribution in [0.4, 0.5) is 10.2 Å². The van der Waals surface area contributed by atoms with Crippen molar-refractivity contribution in [2.45, 2.75) is 19.3 Å². The van der Waals surface area contributed by atoms with Crippen molar-refractivity contribution in [3.05, 3.63) is 36.4 Å². The molecule has 4 rings (SSSR count). The highest BCUT2D eigenvalue weighted by atomic mass is 19.1. The van der Waals surface area contributed by atoms with Crippen LogP contribution in [0.2, 0.25) is 0 Å². The van der Waals surface area contributed by atoms with Crippen LogP contribution in [0.5, 0.6) is 0 Å². The molecule has 0 bridgehead atoms. The Morgan fingerprint density at radius 2 is 1.77 bits per heavy atom. The molecule has 1 saturated heterocycles. The van der Waals surface area contributed by atoms with Crippen LogP contribution in [-0.2, 0) is 0 Å². The Morgan fingerprint density at radius 1 is 1.00 bits per heavy atom. The topological polar surface area (TPSA) is 55.1 Å². The second kappa shape index (κ2) is 5.36. The van der Waals surface area contributed by atoms with Gasteiger partial charge in [-0.05, 0) is 43.5 Å². The molecule has 1 aliphatic heterocycles. The maximum atomic E-state index is 13.1. The van der Waals surface area contributed by atoms with Gasteiger partial charge in [0.2, 0.25) is 0 Å². The van der Waals surface area contributed by atoms with Crippen molar-refractivity contribution < 1.29 is 8.91 Å². The van der Waals surface area contributed by atoms with Crippen molar-refractivity contribution in [1.82, 2.24) is 15.1 Å². The van der Waals surface area contributed by atoms with Crippen molar-refractivity contribution >= 4 is 16.9 Å². The van der Waals surface area contributed by atoms with E-state index in [2.05, 4.69) is 20.0 Å². The van der Waals surface area contributed by atoms with Gasteiger partial charge >= 0.3 is 0 Å². The van der Waals surface area contributed by atoms with Crippen LogP contribution in [0.1, 0.15) is 19.3 Å².